The normalized spacial score (nSPS) is 19.8. The number of halogens is 2. The van der Waals surface area contributed by atoms with E-state index in [0.29, 0.717) is 11.1 Å². The first-order chi connectivity index (χ1) is 9.40. The largest absolute Gasteiger partial charge is 0.310 e. The molecular weight excluding hydrogens is 340 g/mol. The minimum absolute atomic E-state index is 0.101. The summed E-state index contributed by atoms with van der Waals surface area (Å²) in [5.74, 6) is 0.130. The number of piperidine rings is 1. The topological polar surface area (TPSA) is 32.3 Å². The zero-order chi connectivity index (χ0) is 14.9. The number of benzene rings is 1. The molecule has 1 aromatic carbocycles. The van der Waals surface area contributed by atoms with Gasteiger partial charge in [0.2, 0.25) is 5.91 Å². The number of hydrogen-bond donors (Lipinski definition) is 1. The van der Waals surface area contributed by atoms with Crippen LogP contribution in [0.3, 0.4) is 0 Å². The third-order valence-electron chi connectivity index (χ3n) is 3.49. The highest BCUT2D eigenvalue weighted by atomic mass is 79.9. The fourth-order valence-electron chi connectivity index (χ4n) is 2.51. The van der Waals surface area contributed by atoms with E-state index in [1.165, 1.54) is 0 Å². The Balaban J connectivity index is 2.28. The molecule has 1 aliphatic rings. The molecule has 1 aliphatic heterocycles. The van der Waals surface area contributed by atoms with Crippen molar-refractivity contribution in [1.82, 2.24) is 5.32 Å². The van der Waals surface area contributed by atoms with E-state index >= 15 is 0 Å². The average Bonchev–Trinajstić information content (AvgIpc) is 2.36. The van der Waals surface area contributed by atoms with Crippen molar-refractivity contribution in [2.45, 2.75) is 45.7 Å². The molecule has 1 saturated heterocycles. The number of nitrogens with zero attached hydrogens (tertiary/aromatic N) is 1. The van der Waals surface area contributed by atoms with Crippen LogP contribution in [-0.2, 0) is 4.79 Å². The molecule has 20 heavy (non-hydrogen) atoms. The van der Waals surface area contributed by atoms with E-state index in [4.69, 9.17) is 11.6 Å². The fourth-order valence-corrected chi connectivity index (χ4v) is 3.34. The van der Waals surface area contributed by atoms with Crippen molar-refractivity contribution < 1.29 is 4.79 Å². The molecule has 1 aromatic rings. The number of carbonyl (C=O) groups is 1. The van der Waals surface area contributed by atoms with E-state index in [1.807, 2.05) is 24.0 Å². The third-order valence-corrected chi connectivity index (χ3v) is 4.53. The van der Waals surface area contributed by atoms with Gasteiger partial charge < -0.3 is 10.2 Å². The maximum atomic E-state index is 12.6. The van der Waals surface area contributed by atoms with E-state index in [1.54, 1.807) is 0 Å². The van der Waals surface area contributed by atoms with Crippen LogP contribution in [0.25, 0.3) is 0 Å². The van der Waals surface area contributed by atoms with E-state index < -0.39 is 0 Å². The van der Waals surface area contributed by atoms with Gasteiger partial charge in [0.25, 0.3) is 0 Å². The van der Waals surface area contributed by atoms with Crippen LogP contribution < -0.4 is 10.2 Å². The lowest BCUT2D eigenvalue weighted by molar-refractivity contribution is -0.121. The molecule has 3 nitrogen and oxygen atoms in total. The number of carbonyl (C=O) groups excluding carboxylic acids is 1. The van der Waals surface area contributed by atoms with Crippen molar-refractivity contribution >= 4 is 39.1 Å². The summed E-state index contributed by atoms with van der Waals surface area (Å²) in [7, 11) is 0. The Hall–Kier alpha value is -0.580. The third kappa shape index (κ3) is 3.35. The predicted octanol–water partition coefficient (Wildman–Crippen LogP) is 3.90. The molecule has 5 heteroatoms. The Morgan fingerprint density at radius 3 is 2.80 bits per heavy atom. The number of aryl methyl sites for hydroxylation is 1. The highest BCUT2D eigenvalue weighted by molar-refractivity contribution is 9.10. The maximum absolute atomic E-state index is 12.6. The van der Waals surface area contributed by atoms with Gasteiger partial charge >= 0.3 is 0 Å². The number of hydrogen-bond acceptors (Lipinski definition) is 2. The second-order valence-electron chi connectivity index (χ2n) is 5.56. The molecule has 1 amide bonds. The van der Waals surface area contributed by atoms with Crippen molar-refractivity contribution in [3.05, 3.63) is 27.2 Å². The van der Waals surface area contributed by atoms with Crippen molar-refractivity contribution in [3.8, 4) is 0 Å². The van der Waals surface area contributed by atoms with Crippen LogP contribution in [-0.4, -0.2) is 24.5 Å². The Morgan fingerprint density at radius 2 is 2.15 bits per heavy atom. The quantitative estimate of drug-likeness (QED) is 0.887. The minimum atomic E-state index is -0.101. The van der Waals surface area contributed by atoms with Crippen molar-refractivity contribution in [3.63, 3.8) is 0 Å². The highest BCUT2D eigenvalue weighted by Gasteiger charge is 2.30. The zero-order valence-electron chi connectivity index (χ0n) is 12.0. The Morgan fingerprint density at radius 1 is 1.45 bits per heavy atom. The highest BCUT2D eigenvalue weighted by Crippen LogP contribution is 2.34. The molecule has 1 atom stereocenters. The molecule has 110 valence electrons. The van der Waals surface area contributed by atoms with E-state index in [0.717, 1.165) is 35.1 Å². The van der Waals surface area contributed by atoms with Crippen LogP contribution in [0.2, 0.25) is 5.02 Å². The van der Waals surface area contributed by atoms with Gasteiger partial charge in [0.05, 0.1) is 11.7 Å². The monoisotopic (exact) mass is 358 g/mol. The first-order valence-electron chi connectivity index (χ1n) is 6.93. The number of nitrogens with one attached hydrogen (secondary N) is 1. The molecule has 2 rings (SSSR count). The van der Waals surface area contributed by atoms with Gasteiger partial charge in [-0.3, -0.25) is 4.79 Å². The second kappa shape index (κ2) is 6.46. The summed E-state index contributed by atoms with van der Waals surface area (Å²) in [5.41, 5.74) is 1.87. The Labute approximate surface area is 133 Å². The summed E-state index contributed by atoms with van der Waals surface area (Å²) in [6, 6.07) is 4.03. The molecule has 1 fully saturated rings. The van der Waals surface area contributed by atoms with Crippen LogP contribution in [0.15, 0.2) is 16.6 Å². The van der Waals surface area contributed by atoms with Crippen LogP contribution >= 0.6 is 27.5 Å². The first kappa shape index (κ1) is 15.8. The summed E-state index contributed by atoms with van der Waals surface area (Å²) in [4.78, 5) is 14.4. The first-order valence-corrected chi connectivity index (χ1v) is 8.10. The molecule has 0 aromatic heterocycles. The number of rotatable bonds is 3. The van der Waals surface area contributed by atoms with Gasteiger partial charge in [-0.1, -0.05) is 25.4 Å². The van der Waals surface area contributed by atoms with Crippen LogP contribution in [0.5, 0.6) is 0 Å². The number of amides is 1. The van der Waals surface area contributed by atoms with E-state index in [9.17, 15) is 4.79 Å². The summed E-state index contributed by atoms with van der Waals surface area (Å²) < 4.78 is 0.915. The standard InChI is InChI=1S/C15H20BrClN2O/c1-9(2)18-13-5-4-6-19(15(13)20)14-8-12(17)10(3)7-11(14)16/h7-9,13,18H,4-6H2,1-3H3. The second-order valence-corrected chi connectivity index (χ2v) is 6.82. The summed E-state index contributed by atoms with van der Waals surface area (Å²) in [5, 5.41) is 4.03. The summed E-state index contributed by atoms with van der Waals surface area (Å²) in [6.07, 6.45) is 1.89. The van der Waals surface area contributed by atoms with E-state index in [2.05, 4.69) is 35.1 Å². The SMILES string of the molecule is Cc1cc(Br)c(N2CCCC(NC(C)C)C2=O)cc1Cl. The van der Waals surface area contributed by atoms with E-state index in [-0.39, 0.29) is 11.9 Å². The molecule has 0 saturated carbocycles. The fraction of sp³-hybridized carbons (Fsp3) is 0.533. The molecule has 0 aliphatic carbocycles. The Bertz CT molecular complexity index is 519. The minimum Gasteiger partial charge on any atom is -0.310 e. The van der Waals surface area contributed by atoms with Crippen molar-refractivity contribution in [2.75, 3.05) is 11.4 Å². The van der Waals surface area contributed by atoms with Gasteiger partial charge in [0.15, 0.2) is 0 Å². The molecule has 0 radical (unpaired) electrons. The molecule has 0 spiro atoms. The zero-order valence-corrected chi connectivity index (χ0v) is 14.4. The van der Waals surface area contributed by atoms with Crippen LogP contribution in [0.4, 0.5) is 5.69 Å². The number of anilines is 1. The lowest BCUT2D eigenvalue weighted by Crippen LogP contribution is -2.52. The molecule has 1 heterocycles. The summed E-state index contributed by atoms with van der Waals surface area (Å²) in [6.45, 7) is 6.82. The van der Waals surface area contributed by atoms with Gasteiger partial charge in [-0.05, 0) is 53.4 Å². The van der Waals surface area contributed by atoms with Crippen LogP contribution in [0, 0.1) is 6.92 Å². The summed E-state index contributed by atoms with van der Waals surface area (Å²) >= 11 is 9.74. The van der Waals surface area contributed by atoms with Gasteiger partial charge in [-0.2, -0.15) is 0 Å². The maximum Gasteiger partial charge on any atom is 0.244 e. The van der Waals surface area contributed by atoms with Gasteiger partial charge in [-0.25, -0.2) is 0 Å². The molecule has 1 unspecified atom stereocenters. The van der Waals surface area contributed by atoms with Gasteiger partial charge in [0, 0.05) is 22.1 Å². The lowest BCUT2D eigenvalue weighted by Gasteiger charge is -2.34. The van der Waals surface area contributed by atoms with Gasteiger partial charge in [-0.15, -0.1) is 0 Å². The van der Waals surface area contributed by atoms with Crippen molar-refractivity contribution in [1.29, 1.82) is 0 Å². The average molecular weight is 360 g/mol. The van der Waals surface area contributed by atoms with Crippen LogP contribution in [0.1, 0.15) is 32.3 Å². The predicted molar refractivity (Wildman–Crippen MR) is 87.5 cm³/mol. The molecule has 1 N–H and O–H groups in total. The molecular formula is C15H20BrClN2O. The van der Waals surface area contributed by atoms with Gasteiger partial charge in [0.1, 0.15) is 0 Å². The van der Waals surface area contributed by atoms with Crippen molar-refractivity contribution in [2.24, 2.45) is 0 Å². The molecule has 0 bridgehead atoms. The smallest absolute Gasteiger partial charge is 0.244 e. The Kier molecular flexibility index (Phi) is 5.10. The lowest BCUT2D eigenvalue weighted by atomic mass is 10.0.